The van der Waals surface area contributed by atoms with Crippen molar-refractivity contribution in [1.29, 1.82) is 0 Å². The van der Waals surface area contributed by atoms with Crippen molar-refractivity contribution in [3.63, 3.8) is 0 Å². The lowest BCUT2D eigenvalue weighted by Gasteiger charge is -2.12. The second kappa shape index (κ2) is 9.64. The fraction of sp³-hybridized carbons (Fsp3) is 0.238. The summed E-state index contributed by atoms with van der Waals surface area (Å²) in [5.41, 5.74) is 7.88. The van der Waals surface area contributed by atoms with Gasteiger partial charge in [-0.15, -0.1) is 0 Å². The van der Waals surface area contributed by atoms with Crippen LogP contribution in [0.4, 0.5) is 0 Å². The third-order valence-corrected chi connectivity index (χ3v) is 5.99. The van der Waals surface area contributed by atoms with Crippen LogP contribution in [0, 0.1) is 27.7 Å². The van der Waals surface area contributed by atoms with Gasteiger partial charge in [-0.2, -0.15) is 5.10 Å². The van der Waals surface area contributed by atoms with E-state index in [0.717, 1.165) is 34.0 Å². The summed E-state index contributed by atoms with van der Waals surface area (Å²) in [6.07, 6.45) is 1.62. The Morgan fingerprint density at radius 1 is 1.17 bits per heavy atom. The molecule has 0 saturated heterocycles. The van der Waals surface area contributed by atoms with Crippen LogP contribution in [0.3, 0.4) is 0 Å². The van der Waals surface area contributed by atoms with Crippen molar-refractivity contribution in [2.45, 2.75) is 32.9 Å². The molecule has 1 amide bonds. The number of nitrogens with zero attached hydrogens (tertiary/aromatic N) is 4. The minimum absolute atomic E-state index is 0.178. The lowest BCUT2D eigenvalue weighted by atomic mass is 10.2. The SMILES string of the molecule is Cc1cc(C)nc(SCC(=O)N/N=C\c2cc(C)n(-c3cccc(Cl)c3Cl)c2C)n1. The number of hydrogen-bond donors (Lipinski definition) is 1. The Morgan fingerprint density at radius 2 is 1.87 bits per heavy atom. The summed E-state index contributed by atoms with van der Waals surface area (Å²) in [6.45, 7) is 7.73. The molecule has 0 aliphatic heterocycles. The zero-order valence-corrected chi connectivity index (χ0v) is 19.4. The fourth-order valence-electron chi connectivity index (χ4n) is 3.05. The third-order valence-electron chi connectivity index (χ3n) is 4.33. The van der Waals surface area contributed by atoms with Crippen molar-refractivity contribution in [3.8, 4) is 5.69 Å². The number of benzene rings is 1. The van der Waals surface area contributed by atoms with Gasteiger partial charge in [0.25, 0.3) is 5.91 Å². The normalized spacial score (nSPS) is 11.3. The van der Waals surface area contributed by atoms with Crippen LogP contribution < -0.4 is 5.43 Å². The average Bonchev–Trinajstić information content (AvgIpc) is 2.95. The number of nitrogens with one attached hydrogen (secondary N) is 1. The number of carbonyl (C=O) groups excluding carboxylic acids is 1. The van der Waals surface area contributed by atoms with E-state index in [1.165, 1.54) is 11.8 Å². The van der Waals surface area contributed by atoms with Crippen molar-refractivity contribution in [1.82, 2.24) is 20.0 Å². The molecule has 3 aromatic rings. The molecule has 0 unspecified atom stereocenters. The molecule has 30 heavy (non-hydrogen) atoms. The number of hydrazone groups is 1. The predicted octanol–water partition coefficient (Wildman–Crippen LogP) is 5.05. The van der Waals surface area contributed by atoms with Crippen molar-refractivity contribution < 1.29 is 4.79 Å². The van der Waals surface area contributed by atoms with Crippen LogP contribution in [-0.2, 0) is 4.79 Å². The highest BCUT2D eigenvalue weighted by molar-refractivity contribution is 7.99. The van der Waals surface area contributed by atoms with E-state index in [-0.39, 0.29) is 11.7 Å². The Bertz CT molecular complexity index is 1110. The monoisotopic (exact) mass is 461 g/mol. The predicted molar refractivity (Wildman–Crippen MR) is 123 cm³/mol. The van der Waals surface area contributed by atoms with Gasteiger partial charge in [-0.3, -0.25) is 4.79 Å². The molecule has 0 spiro atoms. The molecule has 0 saturated carbocycles. The van der Waals surface area contributed by atoms with E-state index in [4.69, 9.17) is 23.2 Å². The summed E-state index contributed by atoms with van der Waals surface area (Å²) >= 11 is 13.8. The highest BCUT2D eigenvalue weighted by Crippen LogP contribution is 2.31. The summed E-state index contributed by atoms with van der Waals surface area (Å²) in [5, 5.41) is 5.65. The van der Waals surface area contributed by atoms with Crippen LogP contribution in [0.15, 0.2) is 40.6 Å². The molecule has 2 heterocycles. The molecule has 0 atom stereocenters. The quantitative estimate of drug-likeness (QED) is 0.241. The zero-order valence-electron chi connectivity index (χ0n) is 17.0. The molecule has 0 aliphatic carbocycles. The smallest absolute Gasteiger partial charge is 0.250 e. The molecular formula is C21H21Cl2N5OS. The van der Waals surface area contributed by atoms with Gasteiger partial charge in [-0.1, -0.05) is 41.0 Å². The molecule has 0 bridgehead atoms. The number of rotatable bonds is 6. The maximum atomic E-state index is 12.1. The number of halogens is 2. The Labute approximate surface area is 189 Å². The molecular weight excluding hydrogens is 441 g/mol. The first-order valence-electron chi connectivity index (χ1n) is 9.16. The van der Waals surface area contributed by atoms with Crippen LogP contribution in [-0.4, -0.2) is 32.4 Å². The lowest BCUT2D eigenvalue weighted by molar-refractivity contribution is -0.118. The summed E-state index contributed by atoms with van der Waals surface area (Å²) in [5.74, 6) is -0.0529. The van der Waals surface area contributed by atoms with E-state index in [2.05, 4.69) is 20.5 Å². The van der Waals surface area contributed by atoms with Gasteiger partial charge in [0, 0.05) is 28.3 Å². The fourth-order valence-corrected chi connectivity index (χ4v) is 4.17. The molecule has 156 valence electrons. The largest absolute Gasteiger partial charge is 0.316 e. The maximum Gasteiger partial charge on any atom is 0.250 e. The van der Waals surface area contributed by atoms with Crippen LogP contribution in [0.2, 0.25) is 10.0 Å². The second-order valence-electron chi connectivity index (χ2n) is 6.75. The molecule has 0 aliphatic rings. The van der Waals surface area contributed by atoms with Crippen molar-refractivity contribution >= 4 is 47.1 Å². The van der Waals surface area contributed by atoms with Crippen LogP contribution in [0.5, 0.6) is 0 Å². The van der Waals surface area contributed by atoms with E-state index in [1.54, 1.807) is 12.3 Å². The Balaban J connectivity index is 1.66. The molecule has 0 radical (unpaired) electrons. The van der Waals surface area contributed by atoms with E-state index in [9.17, 15) is 4.79 Å². The van der Waals surface area contributed by atoms with Crippen LogP contribution >= 0.6 is 35.0 Å². The standard InChI is InChI=1S/C21H21Cl2N5OS/c1-12-8-13(2)26-21(25-12)30-11-19(29)27-24-10-16-9-14(3)28(15(16)4)18-7-5-6-17(22)20(18)23/h5-10H,11H2,1-4H3,(H,27,29)/b24-10-. The highest BCUT2D eigenvalue weighted by atomic mass is 35.5. The Hall–Kier alpha value is -2.35. The van der Waals surface area contributed by atoms with Crippen LogP contribution in [0.25, 0.3) is 5.69 Å². The average molecular weight is 462 g/mol. The molecule has 1 aromatic carbocycles. The molecule has 9 heteroatoms. The van der Waals surface area contributed by atoms with Gasteiger partial charge < -0.3 is 4.57 Å². The van der Waals surface area contributed by atoms with Gasteiger partial charge in [-0.05, 0) is 52.0 Å². The van der Waals surface area contributed by atoms with Crippen molar-refractivity contribution in [2.75, 3.05) is 5.75 Å². The number of aryl methyl sites for hydroxylation is 3. The van der Waals surface area contributed by atoms with Gasteiger partial charge in [-0.25, -0.2) is 15.4 Å². The minimum Gasteiger partial charge on any atom is -0.316 e. The minimum atomic E-state index is -0.231. The number of aromatic nitrogens is 3. The van der Waals surface area contributed by atoms with Crippen molar-refractivity contribution in [2.24, 2.45) is 5.10 Å². The lowest BCUT2D eigenvalue weighted by Crippen LogP contribution is -2.19. The zero-order chi connectivity index (χ0) is 21.8. The summed E-state index contributed by atoms with van der Waals surface area (Å²) in [6, 6.07) is 9.37. The number of thioether (sulfide) groups is 1. The first-order chi connectivity index (χ1) is 14.3. The summed E-state index contributed by atoms with van der Waals surface area (Å²) in [4.78, 5) is 20.7. The maximum absolute atomic E-state index is 12.1. The summed E-state index contributed by atoms with van der Waals surface area (Å²) in [7, 11) is 0. The van der Waals surface area contributed by atoms with Gasteiger partial charge in [0.15, 0.2) is 5.16 Å². The van der Waals surface area contributed by atoms with Gasteiger partial charge in [0.1, 0.15) is 0 Å². The second-order valence-corrected chi connectivity index (χ2v) is 8.48. The number of amides is 1. The summed E-state index contributed by atoms with van der Waals surface area (Å²) < 4.78 is 2.00. The highest BCUT2D eigenvalue weighted by Gasteiger charge is 2.13. The van der Waals surface area contributed by atoms with E-state index in [0.29, 0.717) is 15.2 Å². The third kappa shape index (κ3) is 5.22. The number of carbonyl (C=O) groups is 1. The first-order valence-corrected chi connectivity index (χ1v) is 10.9. The van der Waals surface area contributed by atoms with Gasteiger partial charge >= 0.3 is 0 Å². The van der Waals surface area contributed by atoms with Crippen LogP contribution in [0.1, 0.15) is 28.3 Å². The topological polar surface area (TPSA) is 72.2 Å². The first kappa shape index (κ1) is 22.3. The molecule has 3 rings (SSSR count). The van der Waals surface area contributed by atoms with Crippen molar-refractivity contribution in [3.05, 3.63) is 68.7 Å². The van der Waals surface area contributed by atoms with E-state index in [1.807, 2.05) is 56.5 Å². The van der Waals surface area contributed by atoms with E-state index < -0.39 is 0 Å². The molecule has 6 nitrogen and oxygen atoms in total. The molecule has 2 aromatic heterocycles. The van der Waals surface area contributed by atoms with E-state index >= 15 is 0 Å². The van der Waals surface area contributed by atoms with Gasteiger partial charge in [0.05, 0.1) is 27.7 Å². The number of hydrogen-bond acceptors (Lipinski definition) is 5. The molecule has 1 N–H and O–H groups in total. The Morgan fingerprint density at radius 3 is 2.57 bits per heavy atom. The van der Waals surface area contributed by atoms with Gasteiger partial charge in [0.2, 0.25) is 0 Å². The Kier molecular flexibility index (Phi) is 7.18. The molecule has 0 fully saturated rings.